The number of hydrogen-bond donors (Lipinski definition) is 1. The van der Waals surface area contributed by atoms with Crippen LogP contribution in [0.3, 0.4) is 0 Å². The zero-order chi connectivity index (χ0) is 24.7. The van der Waals surface area contributed by atoms with Gasteiger partial charge in [-0.25, -0.2) is 32.5 Å². The van der Waals surface area contributed by atoms with Crippen LogP contribution in [0.2, 0.25) is 0 Å². The molecule has 0 spiro atoms. The normalized spacial score (nSPS) is 16.4. The number of benzene rings is 1. The molecule has 0 radical (unpaired) electrons. The predicted molar refractivity (Wildman–Crippen MR) is 122 cm³/mol. The van der Waals surface area contributed by atoms with Crippen molar-refractivity contribution in [1.29, 1.82) is 0 Å². The molecule has 0 aliphatic carbocycles. The van der Waals surface area contributed by atoms with Crippen LogP contribution in [0.4, 0.5) is 17.6 Å². The van der Waals surface area contributed by atoms with Gasteiger partial charge in [0.25, 0.3) is 5.92 Å². The molecule has 0 bridgehead atoms. The van der Waals surface area contributed by atoms with Gasteiger partial charge in [-0.15, -0.1) is 11.3 Å². The summed E-state index contributed by atoms with van der Waals surface area (Å²) in [6.07, 6.45) is 4.21. The maximum Gasteiger partial charge on any atom is 0.250 e. The standard InChI is InChI=1S/C12H19F2N3S.C11H6F2N2O/c1-9-16-8-11(18-9)10(7-15-2)17-5-3-12(13,14)4-6-17;12-9-4-14-11(15-5-9)7-1-2-10(13)8(3-7)6-16/h8,10,15H,3-7H2,1-2H3;1-6H. The van der Waals surface area contributed by atoms with Gasteiger partial charge >= 0.3 is 0 Å². The summed E-state index contributed by atoms with van der Waals surface area (Å²) in [6, 6.07) is 4.05. The number of carbonyl (C=O) groups is 1. The lowest BCUT2D eigenvalue weighted by molar-refractivity contribution is -0.0629. The lowest BCUT2D eigenvalue weighted by Crippen LogP contribution is -2.43. The van der Waals surface area contributed by atoms with Crippen molar-refractivity contribution in [3.63, 3.8) is 0 Å². The lowest BCUT2D eigenvalue weighted by Gasteiger charge is -2.36. The van der Waals surface area contributed by atoms with E-state index in [0.717, 1.165) is 34.9 Å². The number of aldehydes is 1. The number of nitrogens with one attached hydrogen (secondary N) is 1. The summed E-state index contributed by atoms with van der Waals surface area (Å²) in [5.41, 5.74) is 0.383. The van der Waals surface area contributed by atoms with E-state index in [1.165, 1.54) is 12.1 Å². The molecule has 1 aliphatic rings. The van der Waals surface area contributed by atoms with Gasteiger partial charge in [-0.05, 0) is 32.2 Å². The second kappa shape index (κ2) is 11.6. The number of nitrogens with zero attached hydrogens (tertiary/aromatic N) is 4. The molecule has 1 fully saturated rings. The molecule has 182 valence electrons. The Morgan fingerprint density at radius 3 is 2.38 bits per heavy atom. The molecule has 1 saturated heterocycles. The first-order valence-electron chi connectivity index (χ1n) is 10.6. The maximum absolute atomic E-state index is 13.2. The van der Waals surface area contributed by atoms with Crippen LogP contribution in [0.15, 0.2) is 36.8 Å². The molecule has 1 unspecified atom stereocenters. The van der Waals surface area contributed by atoms with Crippen LogP contribution in [-0.4, -0.2) is 58.7 Å². The number of hydrogen-bond acceptors (Lipinski definition) is 7. The molecule has 34 heavy (non-hydrogen) atoms. The van der Waals surface area contributed by atoms with Crippen molar-refractivity contribution >= 4 is 17.6 Å². The molecule has 1 atom stereocenters. The molecule has 2 aromatic heterocycles. The first-order valence-corrected chi connectivity index (χ1v) is 11.5. The first-order chi connectivity index (χ1) is 16.2. The Morgan fingerprint density at radius 1 is 1.15 bits per heavy atom. The van der Waals surface area contributed by atoms with Crippen LogP contribution in [0, 0.1) is 18.6 Å². The van der Waals surface area contributed by atoms with Gasteiger partial charge in [0.1, 0.15) is 5.82 Å². The Morgan fingerprint density at radius 2 is 1.82 bits per heavy atom. The molecule has 6 nitrogen and oxygen atoms in total. The molecular weight excluding hydrogens is 470 g/mol. The molecule has 1 aliphatic heterocycles. The number of piperidine rings is 1. The minimum atomic E-state index is -2.48. The van der Waals surface area contributed by atoms with Gasteiger partial charge in [0.05, 0.1) is 29.0 Å². The summed E-state index contributed by atoms with van der Waals surface area (Å²) < 4.78 is 52.0. The third kappa shape index (κ3) is 6.87. The van der Waals surface area contributed by atoms with Crippen LogP contribution < -0.4 is 5.32 Å². The molecule has 1 N–H and O–H groups in total. The number of aromatic nitrogens is 3. The van der Waals surface area contributed by atoms with Gasteiger partial charge < -0.3 is 5.32 Å². The second-order valence-corrected chi connectivity index (χ2v) is 9.09. The Hall–Kier alpha value is -2.76. The summed E-state index contributed by atoms with van der Waals surface area (Å²) in [5.74, 6) is -3.41. The Kier molecular flexibility index (Phi) is 8.81. The minimum absolute atomic E-state index is 0.0367. The third-order valence-corrected chi connectivity index (χ3v) is 6.35. The average Bonchev–Trinajstić information content (AvgIpc) is 3.25. The van der Waals surface area contributed by atoms with Gasteiger partial charge in [-0.1, -0.05) is 0 Å². The van der Waals surface area contributed by atoms with Crippen molar-refractivity contribution in [2.24, 2.45) is 0 Å². The number of likely N-dealkylation sites (tertiary alicyclic amines) is 1. The van der Waals surface area contributed by atoms with Crippen molar-refractivity contribution in [3.05, 3.63) is 63.9 Å². The van der Waals surface area contributed by atoms with Crippen LogP contribution in [-0.2, 0) is 0 Å². The first kappa shape index (κ1) is 25.9. The highest BCUT2D eigenvalue weighted by molar-refractivity contribution is 7.11. The summed E-state index contributed by atoms with van der Waals surface area (Å²) in [6.45, 7) is 3.65. The Bertz CT molecular complexity index is 1080. The van der Waals surface area contributed by atoms with Crippen LogP contribution in [0.1, 0.15) is 39.1 Å². The third-order valence-electron chi connectivity index (χ3n) is 5.34. The Balaban J connectivity index is 0.000000192. The van der Waals surface area contributed by atoms with E-state index in [-0.39, 0.29) is 30.3 Å². The van der Waals surface area contributed by atoms with E-state index in [4.69, 9.17) is 0 Å². The van der Waals surface area contributed by atoms with Crippen molar-refractivity contribution in [2.75, 3.05) is 26.7 Å². The zero-order valence-corrected chi connectivity index (χ0v) is 19.6. The topological polar surface area (TPSA) is 71.0 Å². The van der Waals surface area contributed by atoms with Crippen molar-refractivity contribution in [2.45, 2.75) is 31.7 Å². The number of carbonyl (C=O) groups excluding carboxylic acids is 1. The lowest BCUT2D eigenvalue weighted by atomic mass is 10.0. The Labute approximate surface area is 199 Å². The summed E-state index contributed by atoms with van der Waals surface area (Å²) in [4.78, 5) is 25.5. The zero-order valence-electron chi connectivity index (χ0n) is 18.8. The number of thiazole rings is 1. The highest BCUT2D eigenvalue weighted by Crippen LogP contribution is 2.33. The fourth-order valence-corrected chi connectivity index (χ4v) is 4.45. The number of halogens is 4. The fraction of sp³-hybridized carbons (Fsp3) is 0.391. The average molecular weight is 496 g/mol. The van der Waals surface area contributed by atoms with E-state index in [9.17, 15) is 22.4 Å². The summed E-state index contributed by atoms with van der Waals surface area (Å²) in [7, 11) is 1.89. The SMILES string of the molecule is CNCC(c1cnc(C)s1)N1CCC(F)(F)CC1.O=Cc1cc(-c2ncc(F)cn2)ccc1F. The predicted octanol–water partition coefficient (Wildman–Crippen LogP) is 4.68. The van der Waals surface area contributed by atoms with Crippen LogP contribution >= 0.6 is 11.3 Å². The minimum Gasteiger partial charge on any atom is -0.318 e. The molecule has 1 aromatic carbocycles. The molecular formula is C23H25F4N5OS. The number of alkyl halides is 2. The van der Waals surface area contributed by atoms with E-state index in [1.807, 2.05) is 20.2 Å². The van der Waals surface area contributed by atoms with E-state index in [0.29, 0.717) is 24.9 Å². The fourth-order valence-electron chi connectivity index (χ4n) is 3.53. The highest BCUT2D eigenvalue weighted by Gasteiger charge is 2.36. The van der Waals surface area contributed by atoms with E-state index in [2.05, 4.69) is 25.2 Å². The van der Waals surface area contributed by atoms with Crippen molar-refractivity contribution < 1.29 is 22.4 Å². The number of aryl methyl sites for hydroxylation is 1. The smallest absolute Gasteiger partial charge is 0.250 e. The van der Waals surface area contributed by atoms with Crippen molar-refractivity contribution in [1.82, 2.24) is 25.2 Å². The molecule has 0 saturated carbocycles. The van der Waals surface area contributed by atoms with E-state index < -0.39 is 17.6 Å². The molecule has 4 rings (SSSR count). The van der Waals surface area contributed by atoms with Crippen molar-refractivity contribution in [3.8, 4) is 11.4 Å². The quantitative estimate of drug-likeness (QED) is 0.396. The molecule has 11 heteroatoms. The summed E-state index contributed by atoms with van der Waals surface area (Å²) in [5, 5.41) is 4.16. The van der Waals surface area contributed by atoms with Gasteiger partial charge in [-0.3, -0.25) is 9.69 Å². The van der Waals surface area contributed by atoms with E-state index in [1.54, 1.807) is 11.3 Å². The monoisotopic (exact) mass is 495 g/mol. The highest BCUT2D eigenvalue weighted by atomic mass is 32.1. The second-order valence-electron chi connectivity index (χ2n) is 7.83. The molecule has 3 heterocycles. The van der Waals surface area contributed by atoms with Crippen LogP contribution in [0.5, 0.6) is 0 Å². The molecule has 3 aromatic rings. The van der Waals surface area contributed by atoms with Gasteiger partial charge in [0.2, 0.25) is 0 Å². The number of rotatable bonds is 6. The summed E-state index contributed by atoms with van der Waals surface area (Å²) >= 11 is 1.65. The van der Waals surface area contributed by atoms with Crippen LogP contribution in [0.25, 0.3) is 11.4 Å². The van der Waals surface area contributed by atoms with Gasteiger partial charge in [0, 0.05) is 49.1 Å². The maximum atomic E-state index is 13.2. The molecule has 0 amide bonds. The van der Waals surface area contributed by atoms with Gasteiger partial charge in [-0.2, -0.15) is 0 Å². The number of likely N-dealkylation sites (N-methyl/N-ethyl adjacent to an activating group) is 1. The van der Waals surface area contributed by atoms with E-state index >= 15 is 0 Å². The largest absolute Gasteiger partial charge is 0.318 e. The van der Waals surface area contributed by atoms with Gasteiger partial charge in [0.15, 0.2) is 17.9 Å².